The Hall–Kier alpha value is -1.87. The Morgan fingerprint density at radius 2 is 1.48 bits per heavy atom. The molecule has 3 rings (SSSR count). The first-order chi connectivity index (χ1) is 10.2. The maximum atomic E-state index is 13.0. The molecule has 2 nitrogen and oxygen atoms in total. The summed E-state index contributed by atoms with van der Waals surface area (Å²) in [7, 11) is 0. The number of halogens is 1. The molecule has 1 aliphatic heterocycles. The molecule has 1 saturated heterocycles. The monoisotopic (exact) mass is 284 g/mol. The van der Waals surface area contributed by atoms with Gasteiger partial charge in [0.15, 0.2) is 0 Å². The largest absolute Gasteiger partial charge is 0.369 e. The highest BCUT2D eigenvalue weighted by Crippen LogP contribution is 2.18. The summed E-state index contributed by atoms with van der Waals surface area (Å²) in [6, 6.07) is 15.6. The van der Waals surface area contributed by atoms with Crippen LogP contribution in [0.25, 0.3) is 0 Å². The molecule has 2 aromatic carbocycles. The lowest BCUT2D eigenvalue weighted by molar-refractivity contribution is 0.250. The zero-order chi connectivity index (χ0) is 14.7. The van der Waals surface area contributed by atoms with E-state index in [0.717, 1.165) is 38.4 Å². The summed E-state index contributed by atoms with van der Waals surface area (Å²) >= 11 is 0. The van der Waals surface area contributed by atoms with Crippen LogP contribution in [0.1, 0.15) is 11.1 Å². The molecular weight excluding hydrogens is 263 g/mol. The molecule has 0 bridgehead atoms. The molecule has 0 saturated carbocycles. The Morgan fingerprint density at radius 3 is 2.10 bits per heavy atom. The minimum absolute atomic E-state index is 0.170. The summed E-state index contributed by atoms with van der Waals surface area (Å²) in [6.45, 7) is 7.22. The van der Waals surface area contributed by atoms with Crippen molar-refractivity contribution in [3.05, 3.63) is 65.5 Å². The van der Waals surface area contributed by atoms with Gasteiger partial charge in [-0.25, -0.2) is 4.39 Å². The lowest BCUT2D eigenvalue weighted by Crippen LogP contribution is -2.45. The van der Waals surface area contributed by atoms with Crippen LogP contribution < -0.4 is 4.90 Å². The van der Waals surface area contributed by atoms with Gasteiger partial charge in [0.25, 0.3) is 0 Å². The summed E-state index contributed by atoms with van der Waals surface area (Å²) in [4.78, 5) is 4.80. The quantitative estimate of drug-likeness (QED) is 0.851. The summed E-state index contributed by atoms with van der Waals surface area (Å²) in [5, 5.41) is 0. The topological polar surface area (TPSA) is 6.48 Å². The van der Waals surface area contributed by atoms with E-state index < -0.39 is 0 Å². The molecular formula is C18H21FN2. The van der Waals surface area contributed by atoms with Crippen LogP contribution in [-0.4, -0.2) is 31.1 Å². The molecule has 0 aromatic heterocycles. The average molecular weight is 284 g/mol. The van der Waals surface area contributed by atoms with E-state index in [0.29, 0.717) is 0 Å². The fraction of sp³-hybridized carbons (Fsp3) is 0.333. The van der Waals surface area contributed by atoms with Gasteiger partial charge in [-0.05, 0) is 36.8 Å². The van der Waals surface area contributed by atoms with E-state index in [1.54, 1.807) is 0 Å². The van der Waals surface area contributed by atoms with E-state index in [1.807, 2.05) is 12.1 Å². The predicted molar refractivity (Wildman–Crippen MR) is 85.1 cm³/mol. The summed E-state index contributed by atoms with van der Waals surface area (Å²) in [6.07, 6.45) is 0. The zero-order valence-corrected chi connectivity index (χ0v) is 12.4. The highest BCUT2D eigenvalue weighted by atomic mass is 19.1. The molecule has 0 unspecified atom stereocenters. The van der Waals surface area contributed by atoms with Crippen molar-refractivity contribution < 1.29 is 4.39 Å². The molecule has 1 fully saturated rings. The first-order valence-corrected chi connectivity index (χ1v) is 7.49. The highest BCUT2D eigenvalue weighted by Gasteiger charge is 2.17. The number of rotatable bonds is 3. The average Bonchev–Trinajstić information content (AvgIpc) is 2.51. The molecule has 2 aromatic rings. The van der Waals surface area contributed by atoms with Crippen molar-refractivity contribution in [2.75, 3.05) is 31.1 Å². The Morgan fingerprint density at radius 1 is 0.857 bits per heavy atom. The van der Waals surface area contributed by atoms with Gasteiger partial charge in [0.05, 0.1) is 0 Å². The first-order valence-electron chi connectivity index (χ1n) is 7.49. The molecule has 1 aliphatic rings. The lowest BCUT2D eigenvalue weighted by Gasteiger charge is -2.36. The van der Waals surface area contributed by atoms with E-state index >= 15 is 0 Å². The van der Waals surface area contributed by atoms with Crippen LogP contribution in [0.15, 0.2) is 48.5 Å². The second-order valence-electron chi connectivity index (χ2n) is 5.73. The number of nitrogens with zero attached hydrogens (tertiary/aromatic N) is 2. The van der Waals surface area contributed by atoms with Gasteiger partial charge in [-0.3, -0.25) is 4.90 Å². The van der Waals surface area contributed by atoms with Crippen molar-refractivity contribution >= 4 is 5.69 Å². The Balaban J connectivity index is 1.55. The molecule has 0 N–H and O–H groups in total. The van der Waals surface area contributed by atoms with Crippen LogP contribution in [0.4, 0.5) is 10.1 Å². The van der Waals surface area contributed by atoms with Crippen molar-refractivity contribution in [2.45, 2.75) is 13.5 Å². The van der Waals surface area contributed by atoms with E-state index in [4.69, 9.17) is 0 Å². The maximum Gasteiger partial charge on any atom is 0.123 e. The van der Waals surface area contributed by atoms with Crippen molar-refractivity contribution in [1.82, 2.24) is 4.90 Å². The van der Waals surface area contributed by atoms with Gasteiger partial charge in [0.2, 0.25) is 0 Å². The zero-order valence-electron chi connectivity index (χ0n) is 12.4. The Labute approximate surface area is 125 Å². The number of piperazine rings is 1. The maximum absolute atomic E-state index is 13.0. The molecule has 110 valence electrons. The number of hydrogen-bond acceptors (Lipinski definition) is 2. The fourth-order valence-corrected chi connectivity index (χ4v) is 2.77. The van der Waals surface area contributed by atoms with Crippen molar-refractivity contribution in [2.24, 2.45) is 0 Å². The minimum atomic E-state index is -0.170. The van der Waals surface area contributed by atoms with Gasteiger partial charge in [0.1, 0.15) is 5.82 Å². The van der Waals surface area contributed by atoms with Crippen LogP contribution in [0.5, 0.6) is 0 Å². The number of benzene rings is 2. The smallest absolute Gasteiger partial charge is 0.123 e. The Kier molecular flexibility index (Phi) is 4.20. The minimum Gasteiger partial charge on any atom is -0.369 e. The highest BCUT2D eigenvalue weighted by molar-refractivity contribution is 5.46. The second kappa shape index (κ2) is 6.27. The number of aryl methyl sites for hydroxylation is 1. The molecule has 0 aliphatic carbocycles. The summed E-state index contributed by atoms with van der Waals surface area (Å²) in [5.41, 5.74) is 3.79. The molecule has 1 heterocycles. The third-order valence-electron chi connectivity index (χ3n) is 4.09. The van der Waals surface area contributed by atoms with Gasteiger partial charge in [-0.2, -0.15) is 0 Å². The molecule has 0 spiro atoms. The van der Waals surface area contributed by atoms with Crippen LogP contribution in [0.2, 0.25) is 0 Å². The van der Waals surface area contributed by atoms with Crippen LogP contribution in [-0.2, 0) is 6.54 Å². The van der Waals surface area contributed by atoms with Crippen LogP contribution >= 0.6 is 0 Å². The van der Waals surface area contributed by atoms with Gasteiger partial charge in [0, 0.05) is 38.4 Å². The standard InChI is InChI=1S/C18H21FN2/c1-15-2-4-16(5-3-15)14-20-10-12-21(13-11-20)18-8-6-17(19)7-9-18/h2-9H,10-14H2,1H3. The normalized spacial score (nSPS) is 16.2. The summed E-state index contributed by atoms with van der Waals surface area (Å²) < 4.78 is 13.0. The Bertz CT molecular complexity index is 569. The first kappa shape index (κ1) is 14.1. The molecule has 0 radical (unpaired) electrons. The molecule has 21 heavy (non-hydrogen) atoms. The van der Waals surface area contributed by atoms with Gasteiger partial charge in [-0.15, -0.1) is 0 Å². The van der Waals surface area contributed by atoms with E-state index in [-0.39, 0.29) is 5.82 Å². The SMILES string of the molecule is Cc1ccc(CN2CCN(c3ccc(F)cc3)CC2)cc1. The van der Waals surface area contributed by atoms with E-state index in [9.17, 15) is 4.39 Å². The fourth-order valence-electron chi connectivity index (χ4n) is 2.77. The van der Waals surface area contributed by atoms with Crippen molar-refractivity contribution in [1.29, 1.82) is 0 Å². The molecule has 0 atom stereocenters. The predicted octanol–water partition coefficient (Wildman–Crippen LogP) is 3.46. The van der Waals surface area contributed by atoms with Crippen molar-refractivity contribution in [3.63, 3.8) is 0 Å². The molecule has 3 heteroatoms. The number of anilines is 1. The van der Waals surface area contributed by atoms with Crippen LogP contribution in [0, 0.1) is 12.7 Å². The van der Waals surface area contributed by atoms with Gasteiger partial charge >= 0.3 is 0 Å². The van der Waals surface area contributed by atoms with Gasteiger partial charge in [-0.1, -0.05) is 29.8 Å². The lowest BCUT2D eigenvalue weighted by atomic mass is 10.1. The molecule has 0 amide bonds. The third kappa shape index (κ3) is 3.61. The summed E-state index contributed by atoms with van der Waals surface area (Å²) in [5.74, 6) is -0.170. The van der Waals surface area contributed by atoms with Crippen LogP contribution in [0.3, 0.4) is 0 Å². The number of hydrogen-bond donors (Lipinski definition) is 0. The van der Waals surface area contributed by atoms with Gasteiger partial charge < -0.3 is 4.90 Å². The van der Waals surface area contributed by atoms with E-state index in [2.05, 4.69) is 41.0 Å². The van der Waals surface area contributed by atoms with E-state index in [1.165, 1.54) is 23.3 Å². The van der Waals surface area contributed by atoms with Crippen molar-refractivity contribution in [3.8, 4) is 0 Å². The third-order valence-corrected chi connectivity index (χ3v) is 4.09. The second-order valence-corrected chi connectivity index (χ2v) is 5.73.